The Hall–Kier alpha value is -4.05. The number of hydrogen-bond acceptors (Lipinski definition) is 5. The first kappa shape index (κ1) is 29.0. The van der Waals surface area contributed by atoms with Crippen molar-refractivity contribution in [3.63, 3.8) is 0 Å². The third kappa shape index (κ3) is 5.56. The standard InChI is InChI=1S/C33H30F3N3O3S/c1-42-23-12-9-11-22(18-23)39-30(41)28-29(24-13-4-3-10-21(24)19-32(28)16-7-2-8-17-32)38-31(39)43-20-27(40)37-26-15-6-5-14-25(26)33(34,35)36/h3-6,9-15,18H,2,7-8,16-17,19-20H2,1H3,(H,37,40). The van der Waals surface area contributed by atoms with Gasteiger partial charge in [0.15, 0.2) is 5.16 Å². The second-order valence-electron chi connectivity index (χ2n) is 11.0. The fraction of sp³-hybridized carbons (Fsp3) is 0.303. The number of ether oxygens (including phenoxy) is 1. The van der Waals surface area contributed by atoms with Gasteiger partial charge >= 0.3 is 6.18 Å². The number of nitrogens with zero attached hydrogens (tertiary/aromatic N) is 2. The third-order valence-electron chi connectivity index (χ3n) is 8.35. The van der Waals surface area contributed by atoms with Gasteiger partial charge in [0.05, 0.1) is 41.1 Å². The number of carbonyl (C=O) groups excluding carboxylic acids is 1. The lowest BCUT2D eigenvalue weighted by Crippen LogP contribution is -2.43. The van der Waals surface area contributed by atoms with Crippen molar-refractivity contribution in [2.75, 3.05) is 18.2 Å². The minimum absolute atomic E-state index is 0.194. The van der Waals surface area contributed by atoms with E-state index in [1.54, 1.807) is 31.4 Å². The van der Waals surface area contributed by atoms with E-state index in [-0.39, 0.29) is 27.6 Å². The zero-order valence-corrected chi connectivity index (χ0v) is 24.4. The fourth-order valence-electron chi connectivity index (χ4n) is 6.42. The van der Waals surface area contributed by atoms with Gasteiger partial charge in [-0.2, -0.15) is 13.2 Å². The average Bonchev–Trinajstić information content (AvgIpc) is 3.00. The summed E-state index contributed by atoms with van der Waals surface area (Å²) in [5.41, 5.74) is 2.11. The van der Waals surface area contributed by atoms with E-state index in [9.17, 15) is 22.8 Å². The van der Waals surface area contributed by atoms with Crippen LogP contribution in [0.3, 0.4) is 0 Å². The van der Waals surface area contributed by atoms with Crippen LogP contribution in [0.15, 0.2) is 82.7 Å². The monoisotopic (exact) mass is 605 g/mol. The second-order valence-corrected chi connectivity index (χ2v) is 12.0. The van der Waals surface area contributed by atoms with Gasteiger partial charge in [-0.15, -0.1) is 0 Å². The number of para-hydroxylation sites is 1. The van der Waals surface area contributed by atoms with Gasteiger partial charge in [-0.3, -0.25) is 14.2 Å². The van der Waals surface area contributed by atoms with E-state index in [0.717, 1.165) is 67.5 Å². The number of benzene rings is 3. The molecule has 0 saturated heterocycles. The molecule has 0 radical (unpaired) electrons. The molecule has 1 N–H and O–H groups in total. The Morgan fingerprint density at radius 2 is 1.77 bits per heavy atom. The second kappa shape index (κ2) is 11.6. The SMILES string of the molecule is COc1cccc(-n2c(SCC(=O)Nc3ccccc3C(F)(F)F)nc3c(c2=O)C2(CCCCC2)Cc2ccccc2-3)c1. The summed E-state index contributed by atoms with van der Waals surface area (Å²) in [5.74, 6) is -0.346. The molecule has 1 spiro atoms. The molecule has 6 rings (SSSR count). The quantitative estimate of drug-likeness (QED) is 0.183. The molecule has 1 aromatic heterocycles. The summed E-state index contributed by atoms with van der Waals surface area (Å²) in [5, 5.41) is 2.67. The molecule has 1 saturated carbocycles. The molecule has 1 heterocycles. The van der Waals surface area contributed by atoms with E-state index in [4.69, 9.17) is 9.72 Å². The summed E-state index contributed by atoms with van der Waals surface area (Å²) >= 11 is 1.01. The normalized spacial score (nSPS) is 15.4. The first-order valence-electron chi connectivity index (χ1n) is 14.2. The van der Waals surface area contributed by atoms with Gasteiger partial charge in [0.1, 0.15) is 5.75 Å². The van der Waals surface area contributed by atoms with Crippen LogP contribution in [0.25, 0.3) is 16.9 Å². The maximum atomic E-state index is 14.7. The van der Waals surface area contributed by atoms with Crippen molar-refractivity contribution >= 4 is 23.4 Å². The van der Waals surface area contributed by atoms with Crippen LogP contribution in [0.1, 0.15) is 48.8 Å². The predicted octanol–water partition coefficient (Wildman–Crippen LogP) is 7.42. The largest absolute Gasteiger partial charge is 0.497 e. The van der Waals surface area contributed by atoms with Crippen LogP contribution in [-0.4, -0.2) is 28.3 Å². The number of nitrogens with one attached hydrogen (secondary N) is 1. The van der Waals surface area contributed by atoms with Crippen molar-refractivity contribution in [3.05, 3.63) is 99.8 Å². The van der Waals surface area contributed by atoms with Gasteiger partial charge in [0.2, 0.25) is 5.91 Å². The highest BCUT2D eigenvalue weighted by atomic mass is 32.2. The number of aromatic nitrogens is 2. The third-order valence-corrected chi connectivity index (χ3v) is 9.28. The molecule has 43 heavy (non-hydrogen) atoms. The molecule has 0 bridgehead atoms. The van der Waals surface area contributed by atoms with E-state index < -0.39 is 17.6 Å². The highest BCUT2D eigenvalue weighted by Crippen LogP contribution is 2.49. The number of halogens is 3. The van der Waals surface area contributed by atoms with Crippen molar-refractivity contribution in [1.82, 2.24) is 9.55 Å². The lowest BCUT2D eigenvalue weighted by atomic mass is 9.62. The molecule has 3 aromatic carbocycles. The summed E-state index contributed by atoms with van der Waals surface area (Å²) in [6.07, 6.45) is 1.09. The molecule has 10 heteroatoms. The van der Waals surface area contributed by atoms with Crippen LogP contribution in [-0.2, 0) is 22.8 Å². The molecule has 1 fully saturated rings. The Bertz CT molecular complexity index is 1750. The molecule has 1 amide bonds. The minimum atomic E-state index is -4.62. The number of alkyl halides is 3. The van der Waals surface area contributed by atoms with E-state index in [2.05, 4.69) is 11.4 Å². The van der Waals surface area contributed by atoms with Crippen LogP contribution >= 0.6 is 11.8 Å². The Morgan fingerprint density at radius 1 is 1.02 bits per heavy atom. The van der Waals surface area contributed by atoms with Crippen molar-refractivity contribution < 1.29 is 22.7 Å². The Balaban J connectivity index is 1.45. The molecule has 2 aliphatic carbocycles. The van der Waals surface area contributed by atoms with E-state index in [1.165, 1.54) is 22.8 Å². The first-order chi connectivity index (χ1) is 20.7. The number of carbonyl (C=O) groups is 1. The van der Waals surface area contributed by atoms with Crippen LogP contribution in [0, 0.1) is 0 Å². The molecular weight excluding hydrogens is 575 g/mol. The number of fused-ring (bicyclic) bond motifs is 4. The van der Waals surface area contributed by atoms with Crippen molar-refractivity contribution in [2.45, 2.75) is 55.3 Å². The molecule has 6 nitrogen and oxygen atoms in total. The van der Waals surface area contributed by atoms with Gasteiger partial charge in [-0.1, -0.05) is 73.5 Å². The molecule has 0 unspecified atom stereocenters. The van der Waals surface area contributed by atoms with E-state index in [0.29, 0.717) is 22.7 Å². The van der Waals surface area contributed by atoms with Gasteiger partial charge in [0.25, 0.3) is 5.56 Å². The summed E-state index contributed by atoms with van der Waals surface area (Å²) in [7, 11) is 1.54. The maximum absolute atomic E-state index is 14.7. The van der Waals surface area contributed by atoms with Gasteiger partial charge < -0.3 is 10.1 Å². The molecule has 0 atom stereocenters. The van der Waals surface area contributed by atoms with Gasteiger partial charge in [-0.05, 0) is 49.1 Å². The van der Waals surface area contributed by atoms with E-state index in [1.807, 2.05) is 18.2 Å². The molecular formula is C33H30F3N3O3S. The predicted molar refractivity (Wildman–Crippen MR) is 161 cm³/mol. The number of anilines is 1. The molecule has 2 aliphatic rings. The maximum Gasteiger partial charge on any atom is 0.418 e. The zero-order valence-electron chi connectivity index (χ0n) is 23.5. The van der Waals surface area contributed by atoms with Gasteiger partial charge in [0, 0.05) is 17.0 Å². The highest BCUT2D eigenvalue weighted by molar-refractivity contribution is 7.99. The summed E-state index contributed by atoms with van der Waals surface area (Å²) < 4.78 is 47.5. The van der Waals surface area contributed by atoms with Crippen molar-refractivity contribution in [1.29, 1.82) is 0 Å². The van der Waals surface area contributed by atoms with Crippen LogP contribution < -0.4 is 15.6 Å². The topological polar surface area (TPSA) is 73.2 Å². The smallest absolute Gasteiger partial charge is 0.418 e. The lowest BCUT2D eigenvalue weighted by Gasteiger charge is -2.42. The Labute approximate surface area is 251 Å². The Kier molecular flexibility index (Phi) is 7.81. The lowest BCUT2D eigenvalue weighted by molar-refractivity contribution is -0.137. The number of amides is 1. The van der Waals surface area contributed by atoms with Crippen LogP contribution in [0.2, 0.25) is 0 Å². The molecule has 0 aliphatic heterocycles. The summed E-state index contributed by atoms with van der Waals surface area (Å²) in [6.45, 7) is 0. The minimum Gasteiger partial charge on any atom is -0.497 e. The van der Waals surface area contributed by atoms with Crippen molar-refractivity contribution in [2.24, 2.45) is 0 Å². The van der Waals surface area contributed by atoms with Gasteiger partial charge in [-0.25, -0.2) is 4.98 Å². The number of methoxy groups -OCH3 is 1. The van der Waals surface area contributed by atoms with Crippen LogP contribution in [0.5, 0.6) is 5.75 Å². The first-order valence-corrected chi connectivity index (χ1v) is 15.2. The molecule has 222 valence electrons. The number of thioether (sulfide) groups is 1. The zero-order chi connectivity index (χ0) is 30.2. The van der Waals surface area contributed by atoms with Crippen molar-refractivity contribution in [3.8, 4) is 22.7 Å². The highest BCUT2D eigenvalue weighted by Gasteiger charge is 2.43. The van der Waals surface area contributed by atoms with Crippen LogP contribution in [0.4, 0.5) is 18.9 Å². The Morgan fingerprint density at radius 3 is 2.53 bits per heavy atom. The molecule has 4 aromatic rings. The average molecular weight is 606 g/mol. The number of hydrogen-bond donors (Lipinski definition) is 1. The fourth-order valence-corrected chi connectivity index (χ4v) is 7.22. The van der Waals surface area contributed by atoms with E-state index >= 15 is 0 Å². The summed E-state index contributed by atoms with van der Waals surface area (Å²) in [4.78, 5) is 32.7. The summed E-state index contributed by atoms with van der Waals surface area (Å²) in [6, 6.07) is 19.9. The number of rotatable bonds is 6.